The van der Waals surface area contributed by atoms with Gasteiger partial charge in [0, 0.05) is 44.7 Å². The highest BCUT2D eigenvalue weighted by molar-refractivity contribution is 7.99. The average Bonchev–Trinajstić information content (AvgIpc) is 2.86. The smallest absolute Gasteiger partial charge is 0.230 e. The zero-order valence-electron chi connectivity index (χ0n) is 20.5. The van der Waals surface area contributed by atoms with Crippen molar-refractivity contribution < 1.29 is 19.1 Å². The first-order chi connectivity index (χ1) is 16.8. The summed E-state index contributed by atoms with van der Waals surface area (Å²) in [6, 6.07) is 7.50. The lowest BCUT2D eigenvalue weighted by Gasteiger charge is -2.40. The molecule has 1 aromatic carbocycles. The number of hydrogen-bond acceptors (Lipinski definition) is 8. The summed E-state index contributed by atoms with van der Waals surface area (Å²) in [6.07, 6.45) is 1.17. The highest BCUT2D eigenvalue weighted by Crippen LogP contribution is 2.28. The largest absolute Gasteiger partial charge is 0.493 e. The fraction of sp³-hybridized carbons (Fsp3) is 0.500. The van der Waals surface area contributed by atoms with Gasteiger partial charge in [-0.1, -0.05) is 36.4 Å². The Labute approximate surface area is 215 Å². The Bertz CT molecular complexity index is 1040. The number of carbonyl (C=O) groups is 2. The Morgan fingerprint density at radius 3 is 2.63 bits per heavy atom. The Morgan fingerprint density at radius 2 is 1.94 bits per heavy atom. The van der Waals surface area contributed by atoms with Gasteiger partial charge in [0.05, 0.1) is 20.0 Å². The molecule has 1 aliphatic heterocycles. The maximum Gasteiger partial charge on any atom is 0.230 e. The number of hydrogen-bond donors (Lipinski definition) is 1. The molecule has 0 spiro atoms. The summed E-state index contributed by atoms with van der Waals surface area (Å²) in [5.74, 6) is 2.27. The van der Waals surface area contributed by atoms with Crippen molar-refractivity contribution in [1.29, 1.82) is 0 Å². The van der Waals surface area contributed by atoms with Crippen LogP contribution in [0.4, 0.5) is 5.82 Å². The first-order valence-electron chi connectivity index (χ1n) is 11.5. The van der Waals surface area contributed by atoms with Gasteiger partial charge in [-0.05, 0) is 31.0 Å². The van der Waals surface area contributed by atoms with Crippen molar-refractivity contribution in [3.63, 3.8) is 0 Å². The molecule has 1 aliphatic rings. The Hall–Kier alpha value is -2.72. The second-order valence-corrected chi connectivity index (χ2v) is 9.47. The van der Waals surface area contributed by atoms with E-state index < -0.39 is 0 Å². The summed E-state index contributed by atoms with van der Waals surface area (Å²) < 4.78 is 10.6. The fourth-order valence-electron chi connectivity index (χ4n) is 3.91. The second-order valence-electron chi connectivity index (χ2n) is 8.15. The van der Waals surface area contributed by atoms with Gasteiger partial charge in [0.15, 0.2) is 16.7 Å². The maximum absolute atomic E-state index is 12.4. The van der Waals surface area contributed by atoms with E-state index in [2.05, 4.69) is 20.2 Å². The molecule has 1 saturated heterocycles. The topological polar surface area (TPSA) is 96.9 Å². The Morgan fingerprint density at radius 1 is 1.17 bits per heavy atom. The van der Waals surface area contributed by atoms with Crippen LogP contribution in [0.2, 0.25) is 5.15 Å². The highest BCUT2D eigenvalue weighted by atomic mass is 35.5. The number of benzene rings is 1. The molecule has 1 aromatic heterocycles. The van der Waals surface area contributed by atoms with Crippen LogP contribution in [0.15, 0.2) is 29.4 Å². The predicted molar refractivity (Wildman–Crippen MR) is 138 cm³/mol. The fourth-order valence-corrected chi connectivity index (χ4v) is 4.83. The van der Waals surface area contributed by atoms with Gasteiger partial charge in [0.25, 0.3) is 0 Å². The number of nitrogens with one attached hydrogen (secondary N) is 1. The van der Waals surface area contributed by atoms with Crippen LogP contribution in [-0.4, -0.2) is 78.9 Å². The minimum absolute atomic E-state index is 0.0810. The van der Waals surface area contributed by atoms with E-state index in [1.165, 1.54) is 11.8 Å². The first-order valence-corrected chi connectivity index (χ1v) is 12.9. The number of piperazine rings is 1. The quantitative estimate of drug-likeness (QED) is 0.289. The molecule has 1 N–H and O–H groups in total. The van der Waals surface area contributed by atoms with Gasteiger partial charge in [-0.3, -0.25) is 9.59 Å². The number of nitrogens with zero attached hydrogens (tertiary/aromatic N) is 4. The third kappa shape index (κ3) is 7.38. The van der Waals surface area contributed by atoms with E-state index in [-0.39, 0.29) is 23.6 Å². The number of ether oxygens (including phenoxy) is 2. The molecule has 0 saturated carbocycles. The van der Waals surface area contributed by atoms with Gasteiger partial charge >= 0.3 is 0 Å². The molecular formula is C24H32ClN5O4S. The van der Waals surface area contributed by atoms with Gasteiger partial charge in [0.2, 0.25) is 11.8 Å². The van der Waals surface area contributed by atoms with Crippen molar-refractivity contribution in [2.45, 2.75) is 37.9 Å². The molecule has 9 nitrogen and oxygen atoms in total. The van der Waals surface area contributed by atoms with E-state index in [4.69, 9.17) is 21.1 Å². The predicted octanol–water partition coefficient (Wildman–Crippen LogP) is 3.05. The van der Waals surface area contributed by atoms with E-state index in [0.29, 0.717) is 66.6 Å². The first kappa shape index (κ1) is 26.9. The van der Waals surface area contributed by atoms with Gasteiger partial charge < -0.3 is 24.6 Å². The van der Waals surface area contributed by atoms with E-state index in [1.54, 1.807) is 20.3 Å². The lowest BCUT2D eigenvalue weighted by Crippen LogP contribution is -2.54. The van der Waals surface area contributed by atoms with Crippen LogP contribution < -0.4 is 19.7 Å². The van der Waals surface area contributed by atoms with E-state index in [0.717, 1.165) is 5.56 Å². The summed E-state index contributed by atoms with van der Waals surface area (Å²) in [4.78, 5) is 37.3. The van der Waals surface area contributed by atoms with Crippen LogP contribution in [0, 0.1) is 0 Å². The van der Waals surface area contributed by atoms with Gasteiger partial charge in [0.1, 0.15) is 11.0 Å². The molecule has 1 unspecified atom stereocenters. The standard InChI is InChI=1S/C24H32ClN5O4S/c1-5-23(32)30-11-10-29(14-16(30)2)21-13-20(25)27-24(28-21)35-15-22(31)26-9-8-17-6-7-18(33-3)19(12-17)34-4/h6-7,12-13,16H,5,8-11,14-15H2,1-4H3,(H,26,31). The molecular weight excluding hydrogens is 490 g/mol. The molecule has 190 valence electrons. The molecule has 1 fully saturated rings. The van der Waals surface area contributed by atoms with Crippen molar-refractivity contribution in [2.24, 2.45) is 0 Å². The molecule has 11 heteroatoms. The number of halogens is 1. The number of rotatable bonds is 10. The van der Waals surface area contributed by atoms with Crippen molar-refractivity contribution >= 4 is 41.0 Å². The molecule has 2 aromatic rings. The highest BCUT2D eigenvalue weighted by Gasteiger charge is 2.27. The average molecular weight is 522 g/mol. The van der Waals surface area contributed by atoms with Crippen LogP contribution in [0.5, 0.6) is 11.5 Å². The number of aromatic nitrogens is 2. The number of methoxy groups -OCH3 is 2. The lowest BCUT2D eigenvalue weighted by atomic mass is 10.1. The zero-order chi connectivity index (χ0) is 25.4. The van der Waals surface area contributed by atoms with Crippen LogP contribution in [0.3, 0.4) is 0 Å². The third-order valence-electron chi connectivity index (χ3n) is 5.75. The number of carbonyl (C=O) groups excluding carboxylic acids is 2. The molecule has 2 heterocycles. The van der Waals surface area contributed by atoms with Crippen molar-refractivity contribution in [3.05, 3.63) is 35.0 Å². The molecule has 2 amide bonds. The van der Waals surface area contributed by atoms with E-state index in [1.807, 2.05) is 36.9 Å². The van der Waals surface area contributed by atoms with Gasteiger partial charge in [-0.2, -0.15) is 0 Å². The zero-order valence-corrected chi connectivity index (χ0v) is 22.1. The van der Waals surface area contributed by atoms with Crippen molar-refractivity contribution in [3.8, 4) is 11.5 Å². The third-order valence-corrected chi connectivity index (χ3v) is 6.79. The minimum Gasteiger partial charge on any atom is -0.493 e. The molecule has 35 heavy (non-hydrogen) atoms. The lowest BCUT2D eigenvalue weighted by molar-refractivity contribution is -0.133. The van der Waals surface area contributed by atoms with Crippen LogP contribution in [0.25, 0.3) is 0 Å². The van der Waals surface area contributed by atoms with Crippen LogP contribution >= 0.6 is 23.4 Å². The van der Waals surface area contributed by atoms with Crippen LogP contribution in [-0.2, 0) is 16.0 Å². The van der Waals surface area contributed by atoms with Crippen molar-refractivity contribution in [1.82, 2.24) is 20.2 Å². The molecule has 3 rings (SSSR count). The Balaban J connectivity index is 1.50. The number of thioether (sulfide) groups is 1. The van der Waals surface area contributed by atoms with Crippen LogP contribution in [0.1, 0.15) is 25.8 Å². The molecule has 1 atom stereocenters. The van der Waals surface area contributed by atoms with E-state index >= 15 is 0 Å². The van der Waals surface area contributed by atoms with Gasteiger partial charge in [-0.15, -0.1) is 0 Å². The monoisotopic (exact) mass is 521 g/mol. The second kappa shape index (κ2) is 12.8. The maximum atomic E-state index is 12.4. The molecule has 0 radical (unpaired) electrons. The number of anilines is 1. The van der Waals surface area contributed by atoms with Gasteiger partial charge in [-0.25, -0.2) is 9.97 Å². The SMILES string of the molecule is CCC(=O)N1CCN(c2cc(Cl)nc(SCC(=O)NCCc3ccc(OC)c(OC)c3)n2)CC1C. The summed E-state index contributed by atoms with van der Waals surface area (Å²) >= 11 is 7.49. The molecule has 0 aliphatic carbocycles. The summed E-state index contributed by atoms with van der Waals surface area (Å²) in [5, 5.41) is 3.69. The normalized spacial score (nSPS) is 15.6. The number of amides is 2. The molecule has 0 bridgehead atoms. The van der Waals surface area contributed by atoms with Crippen molar-refractivity contribution in [2.75, 3.05) is 51.1 Å². The Kier molecular flexibility index (Phi) is 9.85. The summed E-state index contributed by atoms with van der Waals surface area (Å²) in [7, 11) is 3.19. The summed E-state index contributed by atoms with van der Waals surface area (Å²) in [5.41, 5.74) is 1.04. The summed E-state index contributed by atoms with van der Waals surface area (Å²) in [6.45, 7) is 6.38. The minimum atomic E-state index is -0.110. The van der Waals surface area contributed by atoms with E-state index in [9.17, 15) is 9.59 Å².